The molecule has 2 aromatic carbocycles. The normalized spacial score (nSPS) is 10.1. The molecule has 25 heavy (non-hydrogen) atoms. The number of nitrogens with zero attached hydrogens (tertiary/aromatic N) is 5. The first kappa shape index (κ1) is 16.1. The molecule has 8 nitrogen and oxygen atoms in total. The highest BCUT2D eigenvalue weighted by Gasteiger charge is 2.10. The van der Waals surface area contributed by atoms with Crippen LogP contribution in [0, 0.1) is 17.1 Å². The van der Waals surface area contributed by atoms with Crippen LogP contribution in [0.4, 0.5) is 10.1 Å². The van der Waals surface area contributed by atoms with E-state index in [0.717, 1.165) is 0 Å². The number of aromatic nitrogens is 4. The third-order valence-electron chi connectivity index (χ3n) is 3.19. The van der Waals surface area contributed by atoms with Crippen molar-refractivity contribution in [3.05, 3.63) is 60.2 Å². The second-order valence-electron chi connectivity index (χ2n) is 4.89. The molecule has 0 radical (unpaired) electrons. The number of amides is 1. The molecule has 3 aromatic rings. The first-order valence-corrected chi connectivity index (χ1v) is 7.11. The summed E-state index contributed by atoms with van der Waals surface area (Å²) in [6.07, 6.45) is 1.35. The Morgan fingerprint density at radius 1 is 1.28 bits per heavy atom. The van der Waals surface area contributed by atoms with Crippen molar-refractivity contribution < 1.29 is 13.9 Å². The summed E-state index contributed by atoms with van der Waals surface area (Å²) < 4.78 is 20.5. The van der Waals surface area contributed by atoms with Gasteiger partial charge >= 0.3 is 0 Å². The van der Waals surface area contributed by atoms with Crippen molar-refractivity contribution in [2.45, 2.75) is 0 Å². The van der Waals surface area contributed by atoms with E-state index in [1.807, 2.05) is 6.07 Å². The van der Waals surface area contributed by atoms with Crippen molar-refractivity contribution in [1.82, 2.24) is 20.2 Å². The largest absolute Gasteiger partial charge is 0.484 e. The van der Waals surface area contributed by atoms with Gasteiger partial charge in [0.1, 0.15) is 17.9 Å². The monoisotopic (exact) mass is 338 g/mol. The summed E-state index contributed by atoms with van der Waals surface area (Å²) in [6.45, 7) is -0.305. The van der Waals surface area contributed by atoms with Gasteiger partial charge in [0.15, 0.2) is 6.61 Å². The molecule has 9 heteroatoms. The fourth-order valence-electron chi connectivity index (χ4n) is 1.99. The molecule has 1 N–H and O–H groups in total. The van der Waals surface area contributed by atoms with Crippen molar-refractivity contribution in [2.24, 2.45) is 0 Å². The van der Waals surface area contributed by atoms with Gasteiger partial charge in [-0.05, 0) is 52.9 Å². The van der Waals surface area contributed by atoms with Crippen LogP contribution >= 0.6 is 0 Å². The fraction of sp³-hybridized carbons (Fsp3) is 0.0625. The summed E-state index contributed by atoms with van der Waals surface area (Å²) in [5, 5.41) is 21.9. The van der Waals surface area contributed by atoms with Crippen molar-refractivity contribution in [3.63, 3.8) is 0 Å². The number of nitrogens with one attached hydrogen (secondary N) is 1. The molecule has 0 aliphatic heterocycles. The molecule has 0 saturated carbocycles. The third-order valence-corrected chi connectivity index (χ3v) is 3.19. The lowest BCUT2D eigenvalue weighted by atomic mass is 10.2. The molecule has 0 saturated heterocycles. The first-order valence-electron chi connectivity index (χ1n) is 7.11. The number of halogens is 1. The predicted octanol–water partition coefficient (Wildman–Crippen LogP) is 1.69. The van der Waals surface area contributed by atoms with E-state index in [4.69, 9.17) is 10.00 Å². The Labute approximate surface area is 141 Å². The maximum Gasteiger partial charge on any atom is 0.262 e. The van der Waals surface area contributed by atoms with Crippen molar-refractivity contribution >= 4 is 11.6 Å². The topological polar surface area (TPSA) is 106 Å². The quantitative estimate of drug-likeness (QED) is 0.759. The highest BCUT2D eigenvalue weighted by Crippen LogP contribution is 2.18. The lowest BCUT2D eigenvalue weighted by Crippen LogP contribution is -2.21. The van der Waals surface area contributed by atoms with E-state index >= 15 is 0 Å². The van der Waals surface area contributed by atoms with Crippen LogP contribution < -0.4 is 10.1 Å². The van der Waals surface area contributed by atoms with E-state index in [2.05, 4.69) is 20.8 Å². The Morgan fingerprint density at radius 2 is 2.08 bits per heavy atom. The predicted molar refractivity (Wildman–Crippen MR) is 84.4 cm³/mol. The van der Waals surface area contributed by atoms with Gasteiger partial charge in [-0.25, -0.2) is 9.07 Å². The maximum absolute atomic E-state index is 13.9. The van der Waals surface area contributed by atoms with Crippen molar-refractivity contribution in [1.29, 1.82) is 5.26 Å². The number of tetrazole rings is 1. The van der Waals surface area contributed by atoms with E-state index in [9.17, 15) is 9.18 Å². The second-order valence-corrected chi connectivity index (χ2v) is 4.89. The summed E-state index contributed by atoms with van der Waals surface area (Å²) in [5.74, 6) is -0.697. The molecule has 1 heterocycles. The molecule has 124 valence electrons. The zero-order valence-electron chi connectivity index (χ0n) is 12.8. The number of benzene rings is 2. The smallest absolute Gasteiger partial charge is 0.262 e. The van der Waals surface area contributed by atoms with Crippen LogP contribution in [0.15, 0.2) is 48.8 Å². The molecule has 1 amide bonds. The van der Waals surface area contributed by atoms with Gasteiger partial charge in [-0.2, -0.15) is 5.26 Å². The minimum atomic E-state index is -0.594. The van der Waals surface area contributed by atoms with Crippen LogP contribution in [-0.4, -0.2) is 32.7 Å². The fourth-order valence-corrected chi connectivity index (χ4v) is 1.99. The Balaban J connectivity index is 1.64. The van der Waals surface area contributed by atoms with Crippen LogP contribution in [0.1, 0.15) is 5.56 Å². The Bertz CT molecular complexity index is 919. The van der Waals surface area contributed by atoms with Gasteiger partial charge in [0.05, 0.1) is 23.0 Å². The zero-order chi connectivity index (χ0) is 17.6. The number of carbonyl (C=O) groups is 1. The highest BCUT2D eigenvalue weighted by atomic mass is 19.1. The molecule has 1 aromatic heterocycles. The summed E-state index contributed by atoms with van der Waals surface area (Å²) in [4.78, 5) is 12.0. The average Bonchev–Trinajstić information content (AvgIpc) is 3.17. The van der Waals surface area contributed by atoms with E-state index in [1.54, 1.807) is 24.3 Å². The summed E-state index contributed by atoms with van der Waals surface area (Å²) in [5.41, 5.74) is 0.967. The van der Waals surface area contributed by atoms with Crippen LogP contribution in [0.5, 0.6) is 5.75 Å². The molecule has 0 aliphatic rings. The second kappa shape index (κ2) is 7.18. The maximum atomic E-state index is 13.9. The van der Waals surface area contributed by atoms with Crippen LogP contribution in [0.25, 0.3) is 5.69 Å². The number of carbonyl (C=O) groups excluding carboxylic acids is 1. The highest BCUT2D eigenvalue weighted by molar-refractivity contribution is 5.92. The SMILES string of the molecule is N#Cc1ccc(OCC(=O)Nc2cc(-n3cnnn3)ccc2F)cc1. The lowest BCUT2D eigenvalue weighted by molar-refractivity contribution is -0.118. The Morgan fingerprint density at radius 3 is 2.76 bits per heavy atom. The van der Waals surface area contributed by atoms with E-state index in [1.165, 1.54) is 29.2 Å². The van der Waals surface area contributed by atoms with Crippen LogP contribution in [0.2, 0.25) is 0 Å². The molecule has 0 spiro atoms. The van der Waals surface area contributed by atoms with Gasteiger partial charge in [0.2, 0.25) is 0 Å². The first-order chi connectivity index (χ1) is 12.2. The molecule has 0 bridgehead atoms. The van der Waals surface area contributed by atoms with Gasteiger partial charge in [0, 0.05) is 0 Å². The summed E-state index contributed by atoms with van der Waals surface area (Å²) in [6, 6.07) is 12.4. The van der Waals surface area contributed by atoms with Gasteiger partial charge in [-0.3, -0.25) is 4.79 Å². The minimum absolute atomic E-state index is 0.0126. The minimum Gasteiger partial charge on any atom is -0.484 e. The number of hydrogen-bond acceptors (Lipinski definition) is 6. The van der Waals surface area contributed by atoms with E-state index in [0.29, 0.717) is 17.0 Å². The molecular formula is C16H11FN6O2. The number of ether oxygens (including phenoxy) is 1. The molecule has 0 atom stereocenters. The van der Waals surface area contributed by atoms with Gasteiger partial charge in [-0.15, -0.1) is 5.10 Å². The van der Waals surface area contributed by atoms with Crippen molar-refractivity contribution in [3.8, 4) is 17.5 Å². The number of anilines is 1. The van der Waals surface area contributed by atoms with E-state index < -0.39 is 11.7 Å². The molecular weight excluding hydrogens is 327 g/mol. The van der Waals surface area contributed by atoms with E-state index in [-0.39, 0.29) is 12.3 Å². The molecule has 3 rings (SSSR count). The van der Waals surface area contributed by atoms with Crippen LogP contribution in [0.3, 0.4) is 0 Å². The average molecular weight is 338 g/mol. The number of hydrogen-bond donors (Lipinski definition) is 1. The number of nitriles is 1. The molecule has 0 aliphatic carbocycles. The lowest BCUT2D eigenvalue weighted by Gasteiger charge is -2.09. The van der Waals surface area contributed by atoms with Crippen LogP contribution in [-0.2, 0) is 4.79 Å². The zero-order valence-corrected chi connectivity index (χ0v) is 12.8. The summed E-state index contributed by atoms with van der Waals surface area (Å²) >= 11 is 0. The number of rotatable bonds is 5. The summed E-state index contributed by atoms with van der Waals surface area (Å²) in [7, 11) is 0. The van der Waals surface area contributed by atoms with Gasteiger partial charge in [-0.1, -0.05) is 0 Å². The third kappa shape index (κ3) is 3.94. The Hall–Kier alpha value is -3.80. The van der Waals surface area contributed by atoms with Gasteiger partial charge < -0.3 is 10.1 Å². The Kier molecular flexibility index (Phi) is 4.62. The van der Waals surface area contributed by atoms with Gasteiger partial charge in [0.25, 0.3) is 5.91 Å². The molecule has 0 unspecified atom stereocenters. The molecule has 0 fully saturated rings. The van der Waals surface area contributed by atoms with Crippen molar-refractivity contribution in [2.75, 3.05) is 11.9 Å². The standard InChI is InChI=1S/C16H11FN6O2/c17-14-6-3-12(23-10-19-21-22-23)7-15(14)20-16(24)9-25-13-4-1-11(8-18)2-5-13/h1-7,10H,9H2,(H,20,24).